The SMILES string of the molecule is CC(N)N(CCN(C(=O)OC(C)(C)C)C(C)N)C(=O)OC(C)(C)C. The molecule has 0 radical (unpaired) electrons. The first-order valence-electron chi connectivity index (χ1n) is 8.14. The van der Waals surface area contributed by atoms with Gasteiger partial charge in [-0.05, 0) is 55.4 Å². The minimum Gasteiger partial charge on any atom is -0.444 e. The number of hydrogen-bond donors (Lipinski definition) is 2. The maximum Gasteiger partial charge on any atom is 0.411 e. The molecule has 0 aromatic carbocycles. The van der Waals surface area contributed by atoms with Gasteiger partial charge in [-0.1, -0.05) is 0 Å². The zero-order valence-corrected chi connectivity index (χ0v) is 16.3. The molecule has 0 spiro atoms. The van der Waals surface area contributed by atoms with Crippen molar-refractivity contribution in [2.24, 2.45) is 11.5 Å². The Hall–Kier alpha value is -1.54. The van der Waals surface area contributed by atoms with Crippen LogP contribution in [0.25, 0.3) is 0 Å². The van der Waals surface area contributed by atoms with E-state index in [0.717, 1.165) is 0 Å². The summed E-state index contributed by atoms with van der Waals surface area (Å²) in [5.41, 5.74) is 10.5. The van der Waals surface area contributed by atoms with Gasteiger partial charge in [-0.3, -0.25) is 9.80 Å². The van der Waals surface area contributed by atoms with Crippen LogP contribution >= 0.6 is 0 Å². The molecule has 0 fully saturated rings. The van der Waals surface area contributed by atoms with Crippen LogP contribution in [0, 0.1) is 0 Å². The van der Waals surface area contributed by atoms with Gasteiger partial charge in [-0.15, -0.1) is 0 Å². The molecule has 142 valence electrons. The fraction of sp³-hybridized carbons (Fsp3) is 0.875. The van der Waals surface area contributed by atoms with Crippen LogP contribution < -0.4 is 11.5 Å². The largest absolute Gasteiger partial charge is 0.444 e. The van der Waals surface area contributed by atoms with Crippen molar-refractivity contribution < 1.29 is 19.1 Å². The quantitative estimate of drug-likeness (QED) is 0.737. The maximum absolute atomic E-state index is 12.2. The summed E-state index contributed by atoms with van der Waals surface area (Å²) in [5, 5.41) is 0. The lowest BCUT2D eigenvalue weighted by molar-refractivity contribution is 0.00425. The van der Waals surface area contributed by atoms with Gasteiger partial charge < -0.3 is 20.9 Å². The van der Waals surface area contributed by atoms with Gasteiger partial charge >= 0.3 is 12.2 Å². The maximum atomic E-state index is 12.2. The molecule has 8 nitrogen and oxygen atoms in total. The molecule has 0 aromatic rings. The van der Waals surface area contributed by atoms with E-state index in [4.69, 9.17) is 20.9 Å². The van der Waals surface area contributed by atoms with Crippen LogP contribution in [0.2, 0.25) is 0 Å². The summed E-state index contributed by atoms with van der Waals surface area (Å²) < 4.78 is 10.7. The second kappa shape index (κ2) is 8.53. The molecular formula is C16H34N4O4. The summed E-state index contributed by atoms with van der Waals surface area (Å²) in [4.78, 5) is 27.2. The predicted molar refractivity (Wildman–Crippen MR) is 93.2 cm³/mol. The summed E-state index contributed by atoms with van der Waals surface area (Å²) >= 11 is 0. The minimum atomic E-state index is -0.629. The van der Waals surface area contributed by atoms with E-state index in [-0.39, 0.29) is 13.1 Å². The molecule has 0 bridgehead atoms. The standard InChI is InChI=1S/C16H34N4O4/c1-11(17)19(13(21)23-15(3,4)5)9-10-20(12(2)18)14(22)24-16(6,7)8/h11-12H,9-10,17-18H2,1-8H3. The fourth-order valence-corrected chi connectivity index (χ4v) is 1.78. The lowest BCUT2D eigenvalue weighted by Crippen LogP contribution is -2.53. The van der Waals surface area contributed by atoms with Crippen molar-refractivity contribution in [3.05, 3.63) is 0 Å². The first kappa shape index (κ1) is 22.5. The van der Waals surface area contributed by atoms with Gasteiger partial charge in [0.15, 0.2) is 0 Å². The van der Waals surface area contributed by atoms with Crippen LogP contribution in [0.4, 0.5) is 9.59 Å². The summed E-state index contributed by atoms with van der Waals surface area (Å²) in [6.07, 6.45) is -2.19. The Morgan fingerprint density at radius 1 is 0.792 bits per heavy atom. The highest BCUT2D eigenvalue weighted by Crippen LogP contribution is 2.13. The smallest absolute Gasteiger partial charge is 0.411 e. The molecule has 0 aromatic heterocycles. The molecule has 0 heterocycles. The molecule has 0 aliphatic rings. The molecule has 0 rings (SSSR count). The molecule has 0 saturated heterocycles. The Labute approximate surface area is 145 Å². The fourth-order valence-electron chi connectivity index (χ4n) is 1.78. The average Bonchev–Trinajstić information content (AvgIpc) is 2.28. The van der Waals surface area contributed by atoms with Crippen molar-refractivity contribution in [2.75, 3.05) is 13.1 Å². The molecule has 24 heavy (non-hydrogen) atoms. The second-order valence-electron chi connectivity index (χ2n) is 7.83. The van der Waals surface area contributed by atoms with Crippen molar-refractivity contribution in [3.8, 4) is 0 Å². The van der Waals surface area contributed by atoms with Crippen molar-refractivity contribution in [2.45, 2.75) is 78.9 Å². The summed E-state index contributed by atoms with van der Waals surface area (Å²) in [6, 6.07) is 0. The Balaban J connectivity index is 4.96. The van der Waals surface area contributed by atoms with Crippen molar-refractivity contribution >= 4 is 12.2 Å². The molecule has 0 aliphatic carbocycles. The molecule has 0 saturated carbocycles. The third-order valence-electron chi connectivity index (χ3n) is 2.82. The third kappa shape index (κ3) is 8.93. The van der Waals surface area contributed by atoms with Crippen molar-refractivity contribution in [1.29, 1.82) is 0 Å². The number of ether oxygens (including phenoxy) is 2. The molecule has 8 heteroatoms. The van der Waals surface area contributed by atoms with Gasteiger partial charge in [0.1, 0.15) is 11.2 Å². The highest BCUT2D eigenvalue weighted by molar-refractivity contribution is 5.70. The number of hydrogen-bond acceptors (Lipinski definition) is 6. The van der Waals surface area contributed by atoms with Gasteiger partial charge in [0.2, 0.25) is 0 Å². The second-order valence-corrected chi connectivity index (χ2v) is 7.83. The number of nitrogens with zero attached hydrogens (tertiary/aromatic N) is 2. The number of rotatable bonds is 5. The van der Waals surface area contributed by atoms with Gasteiger partial charge in [0, 0.05) is 13.1 Å². The van der Waals surface area contributed by atoms with Crippen LogP contribution in [-0.4, -0.2) is 58.6 Å². The normalized spacial score (nSPS) is 14.6. The van der Waals surface area contributed by atoms with Gasteiger partial charge in [0.05, 0.1) is 12.3 Å². The van der Waals surface area contributed by atoms with Gasteiger partial charge in [-0.2, -0.15) is 0 Å². The van der Waals surface area contributed by atoms with E-state index in [9.17, 15) is 9.59 Å². The van der Waals surface area contributed by atoms with E-state index in [2.05, 4.69) is 0 Å². The first-order valence-corrected chi connectivity index (χ1v) is 8.14. The topological polar surface area (TPSA) is 111 Å². The highest BCUT2D eigenvalue weighted by atomic mass is 16.6. The average molecular weight is 346 g/mol. The van der Waals surface area contributed by atoms with Gasteiger partial charge in [-0.25, -0.2) is 9.59 Å². The molecule has 0 aliphatic heterocycles. The monoisotopic (exact) mass is 346 g/mol. The molecule has 2 unspecified atom stereocenters. The molecule has 4 N–H and O–H groups in total. The Morgan fingerprint density at radius 3 is 1.21 bits per heavy atom. The van der Waals surface area contributed by atoms with Gasteiger partial charge in [0.25, 0.3) is 0 Å². The minimum absolute atomic E-state index is 0.188. The van der Waals surface area contributed by atoms with Crippen LogP contribution in [-0.2, 0) is 9.47 Å². The van der Waals surface area contributed by atoms with E-state index < -0.39 is 35.7 Å². The summed E-state index contributed by atoms with van der Waals surface area (Å²) in [7, 11) is 0. The highest BCUT2D eigenvalue weighted by Gasteiger charge is 2.28. The van der Waals surface area contributed by atoms with Crippen molar-refractivity contribution in [1.82, 2.24) is 9.80 Å². The number of amides is 2. The summed E-state index contributed by atoms with van der Waals surface area (Å²) in [6.45, 7) is 14.4. The Bertz CT molecular complexity index is 385. The van der Waals surface area contributed by atoms with Crippen molar-refractivity contribution in [3.63, 3.8) is 0 Å². The number of nitrogens with two attached hydrogens (primary N) is 2. The predicted octanol–water partition coefficient (Wildman–Crippen LogP) is 2.07. The summed E-state index contributed by atoms with van der Waals surface area (Å²) in [5.74, 6) is 0. The molecule has 2 atom stereocenters. The number of carbonyl (C=O) groups is 2. The Kier molecular flexibility index (Phi) is 7.98. The van der Waals surface area contributed by atoms with E-state index in [1.54, 1.807) is 55.4 Å². The zero-order valence-electron chi connectivity index (χ0n) is 16.3. The molecule has 2 amide bonds. The zero-order chi connectivity index (χ0) is 19.3. The Morgan fingerprint density at radius 2 is 1.04 bits per heavy atom. The van der Waals surface area contributed by atoms with E-state index >= 15 is 0 Å². The van der Waals surface area contributed by atoms with Crippen LogP contribution in [0.5, 0.6) is 0 Å². The lowest BCUT2D eigenvalue weighted by atomic mass is 10.2. The first-order chi connectivity index (χ1) is 10.6. The van der Waals surface area contributed by atoms with Crippen LogP contribution in [0.15, 0.2) is 0 Å². The van der Waals surface area contributed by atoms with Crippen LogP contribution in [0.3, 0.4) is 0 Å². The number of carbonyl (C=O) groups excluding carboxylic acids is 2. The van der Waals surface area contributed by atoms with E-state index in [1.807, 2.05) is 0 Å². The van der Waals surface area contributed by atoms with Crippen LogP contribution in [0.1, 0.15) is 55.4 Å². The third-order valence-corrected chi connectivity index (χ3v) is 2.82. The van der Waals surface area contributed by atoms with E-state index in [0.29, 0.717) is 0 Å². The lowest BCUT2D eigenvalue weighted by Gasteiger charge is -2.34. The van der Waals surface area contributed by atoms with E-state index in [1.165, 1.54) is 9.80 Å². The molecular weight excluding hydrogens is 312 g/mol.